The Labute approximate surface area is 113 Å². The van der Waals surface area contributed by atoms with Crippen LogP contribution in [-0.4, -0.2) is 40.5 Å². The number of nitrogens with one attached hydrogen (secondary N) is 1. The van der Waals surface area contributed by atoms with Crippen LogP contribution in [0.3, 0.4) is 0 Å². The molecule has 0 aliphatic carbocycles. The minimum atomic E-state index is -1.26. The number of hydrogen-bond acceptors (Lipinski definition) is 4. The second kappa shape index (κ2) is 9.49. The van der Waals surface area contributed by atoms with Gasteiger partial charge in [-0.2, -0.15) is 0 Å². The number of ketones is 1. The zero-order valence-corrected chi connectivity index (χ0v) is 11.5. The molecule has 0 unspecified atom stereocenters. The van der Waals surface area contributed by atoms with Gasteiger partial charge in [-0.05, 0) is 6.42 Å². The average molecular weight is 273 g/mol. The third-order valence-corrected chi connectivity index (χ3v) is 2.92. The molecule has 0 aliphatic heterocycles. The molecular weight excluding hydrogens is 250 g/mol. The summed E-state index contributed by atoms with van der Waals surface area (Å²) in [6.07, 6.45) is 3.69. The van der Waals surface area contributed by atoms with Gasteiger partial charge in [0.25, 0.3) is 5.91 Å². The van der Waals surface area contributed by atoms with Crippen molar-refractivity contribution in [1.82, 2.24) is 5.32 Å². The second-order valence-corrected chi connectivity index (χ2v) is 4.68. The molecule has 0 aromatic heterocycles. The first kappa shape index (κ1) is 17.6. The lowest BCUT2D eigenvalue weighted by atomic mass is 10.0. The van der Waals surface area contributed by atoms with Gasteiger partial charge in [-0.15, -0.1) is 0 Å². The van der Waals surface area contributed by atoms with Crippen LogP contribution >= 0.6 is 0 Å². The van der Waals surface area contributed by atoms with E-state index in [0.29, 0.717) is 6.42 Å². The molecule has 6 heteroatoms. The first-order valence-corrected chi connectivity index (χ1v) is 6.61. The van der Waals surface area contributed by atoms with E-state index in [9.17, 15) is 14.4 Å². The number of carbonyl (C=O) groups excluding carboxylic acids is 2. The summed E-state index contributed by atoms with van der Waals surface area (Å²) in [4.78, 5) is 34.0. The van der Waals surface area contributed by atoms with Crippen molar-refractivity contribution in [1.29, 1.82) is 0 Å². The van der Waals surface area contributed by atoms with Gasteiger partial charge in [-0.1, -0.05) is 33.1 Å². The summed E-state index contributed by atoms with van der Waals surface area (Å²) in [5.41, 5.74) is 0. The van der Waals surface area contributed by atoms with E-state index < -0.39 is 29.6 Å². The molecule has 0 aromatic rings. The summed E-state index contributed by atoms with van der Waals surface area (Å²) in [7, 11) is 0. The van der Waals surface area contributed by atoms with E-state index in [4.69, 9.17) is 10.2 Å². The van der Waals surface area contributed by atoms with Crippen molar-refractivity contribution in [3.63, 3.8) is 0 Å². The summed E-state index contributed by atoms with van der Waals surface area (Å²) in [6.45, 7) is 3.16. The summed E-state index contributed by atoms with van der Waals surface area (Å²) in [5.74, 6) is -3.39. The van der Waals surface area contributed by atoms with Gasteiger partial charge >= 0.3 is 5.97 Å². The van der Waals surface area contributed by atoms with E-state index in [2.05, 4.69) is 5.32 Å². The molecule has 0 saturated heterocycles. The number of amides is 1. The van der Waals surface area contributed by atoms with Crippen LogP contribution in [0, 0.1) is 5.92 Å². The highest BCUT2D eigenvalue weighted by Crippen LogP contribution is 2.05. The molecule has 3 N–H and O–H groups in total. The SMILES string of the molecule is CCCCCCC(=O)C(=O)N[C@H](C(=O)O)[C@H](C)CO. The smallest absolute Gasteiger partial charge is 0.326 e. The minimum absolute atomic E-state index is 0.131. The van der Waals surface area contributed by atoms with E-state index in [1.165, 1.54) is 6.92 Å². The zero-order chi connectivity index (χ0) is 14.8. The number of carboxylic acids is 1. The monoisotopic (exact) mass is 273 g/mol. The van der Waals surface area contributed by atoms with Crippen molar-refractivity contribution >= 4 is 17.7 Å². The van der Waals surface area contributed by atoms with Crippen LogP contribution < -0.4 is 5.32 Å². The van der Waals surface area contributed by atoms with Gasteiger partial charge in [0.2, 0.25) is 5.78 Å². The molecule has 110 valence electrons. The number of carboxylic acid groups (broad SMARTS) is 1. The van der Waals surface area contributed by atoms with Crippen molar-refractivity contribution in [3.05, 3.63) is 0 Å². The fraction of sp³-hybridized carbons (Fsp3) is 0.769. The molecule has 2 atom stereocenters. The normalized spacial score (nSPS) is 13.6. The van der Waals surface area contributed by atoms with Crippen LogP contribution in [0.2, 0.25) is 0 Å². The number of unbranched alkanes of at least 4 members (excludes halogenated alkanes) is 3. The average Bonchev–Trinajstić information content (AvgIpc) is 2.39. The maximum Gasteiger partial charge on any atom is 0.326 e. The van der Waals surface area contributed by atoms with E-state index in [1.54, 1.807) is 0 Å². The lowest BCUT2D eigenvalue weighted by Gasteiger charge is -2.18. The van der Waals surface area contributed by atoms with Gasteiger partial charge in [0, 0.05) is 18.9 Å². The van der Waals surface area contributed by atoms with Crippen molar-refractivity contribution in [3.8, 4) is 0 Å². The quantitative estimate of drug-likeness (QED) is 0.402. The van der Waals surface area contributed by atoms with Crippen molar-refractivity contribution in [2.24, 2.45) is 5.92 Å². The highest BCUT2D eigenvalue weighted by molar-refractivity contribution is 6.36. The Morgan fingerprint density at radius 2 is 1.79 bits per heavy atom. The van der Waals surface area contributed by atoms with E-state index >= 15 is 0 Å². The Hall–Kier alpha value is -1.43. The van der Waals surface area contributed by atoms with Crippen molar-refractivity contribution in [2.45, 2.75) is 52.0 Å². The Morgan fingerprint density at radius 1 is 1.16 bits per heavy atom. The molecule has 0 spiro atoms. The van der Waals surface area contributed by atoms with Crippen LogP contribution in [0.25, 0.3) is 0 Å². The fourth-order valence-electron chi connectivity index (χ4n) is 1.60. The van der Waals surface area contributed by atoms with Gasteiger partial charge in [-0.3, -0.25) is 9.59 Å². The van der Waals surface area contributed by atoms with Crippen LogP contribution in [-0.2, 0) is 14.4 Å². The summed E-state index contributed by atoms with van der Waals surface area (Å²) < 4.78 is 0. The Morgan fingerprint density at radius 3 is 2.26 bits per heavy atom. The van der Waals surface area contributed by atoms with Gasteiger partial charge < -0.3 is 15.5 Å². The molecule has 0 bridgehead atoms. The van der Waals surface area contributed by atoms with Crippen LogP contribution in [0.15, 0.2) is 0 Å². The number of aliphatic hydroxyl groups is 1. The van der Waals surface area contributed by atoms with Gasteiger partial charge in [-0.25, -0.2) is 4.79 Å². The molecule has 0 saturated carbocycles. The van der Waals surface area contributed by atoms with Gasteiger partial charge in [0.05, 0.1) is 0 Å². The number of rotatable bonds is 10. The van der Waals surface area contributed by atoms with Crippen LogP contribution in [0.1, 0.15) is 46.0 Å². The number of aliphatic carboxylic acids is 1. The number of hydrogen-bond donors (Lipinski definition) is 3. The fourth-order valence-corrected chi connectivity index (χ4v) is 1.60. The molecule has 0 radical (unpaired) electrons. The largest absolute Gasteiger partial charge is 0.480 e. The molecule has 0 aliphatic rings. The molecule has 19 heavy (non-hydrogen) atoms. The number of carbonyl (C=O) groups is 3. The van der Waals surface area contributed by atoms with E-state index in [-0.39, 0.29) is 13.0 Å². The second-order valence-electron chi connectivity index (χ2n) is 4.68. The van der Waals surface area contributed by atoms with E-state index in [1.807, 2.05) is 6.92 Å². The zero-order valence-electron chi connectivity index (χ0n) is 11.5. The summed E-state index contributed by atoms with van der Waals surface area (Å²) >= 11 is 0. The third kappa shape index (κ3) is 6.91. The lowest BCUT2D eigenvalue weighted by molar-refractivity contribution is -0.145. The van der Waals surface area contributed by atoms with Crippen molar-refractivity contribution < 1.29 is 24.6 Å². The molecule has 0 aromatic carbocycles. The summed E-state index contributed by atoms with van der Waals surface area (Å²) in [5, 5.41) is 20.0. The highest BCUT2D eigenvalue weighted by atomic mass is 16.4. The van der Waals surface area contributed by atoms with E-state index in [0.717, 1.165) is 19.3 Å². The Balaban J connectivity index is 4.24. The molecule has 6 nitrogen and oxygen atoms in total. The molecule has 1 amide bonds. The Kier molecular flexibility index (Phi) is 8.78. The standard InChI is InChI=1S/C13H23NO5/c1-3-4-5-6-7-10(16)12(17)14-11(13(18)19)9(2)8-15/h9,11,15H,3-8H2,1-2H3,(H,14,17)(H,18,19)/t9-,11+/m1/s1. The minimum Gasteiger partial charge on any atom is -0.480 e. The van der Waals surface area contributed by atoms with Gasteiger partial charge in [0.1, 0.15) is 6.04 Å². The van der Waals surface area contributed by atoms with Gasteiger partial charge in [0.15, 0.2) is 0 Å². The molecular formula is C13H23NO5. The predicted octanol–water partition coefficient (Wildman–Crippen LogP) is 0.724. The van der Waals surface area contributed by atoms with Crippen molar-refractivity contribution in [2.75, 3.05) is 6.61 Å². The molecule has 0 fully saturated rings. The first-order valence-electron chi connectivity index (χ1n) is 6.61. The first-order chi connectivity index (χ1) is 8.93. The number of Topliss-reactive ketones (excluding diaryl/α,β-unsaturated/α-hetero) is 1. The maximum atomic E-state index is 11.5. The summed E-state index contributed by atoms with van der Waals surface area (Å²) in [6, 6.07) is -1.24. The highest BCUT2D eigenvalue weighted by Gasteiger charge is 2.28. The predicted molar refractivity (Wildman–Crippen MR) is 69.6 cm³/mol. The lowest BCUT2D eigenvalue weighted by Crippen LogP contribution is -2.48. The Bertz CT molecular complexity index is 316. The maximum absolute atomic E-state index is 11.5. The third-order valence-electron chi connectivity index (χ3n) is 2.92. The molecule has 0 heterocycles. The topological polar surface area (TPSA) is 104 Å². The number of aliphatic hydroxyl groups excluding tert-OH is 1. The van der Waals surface area contributed by atoms with Crippen LogP contribution in [0.5, 0.6) is 0 Å². The molecule has 0 rings (SSSR count). The van der Waals surface area contributed by atoms with Crippen LogP contribution in [0.4, 0.5) is 0 Å².